The van der Waals surface area contributed by atoms with E-state index in [9.17, 15) is 4.79 Å². The molecule has 0 saturated heterocycles. The van der Waals surface area contributed by atoms with Crippen LogP contribution in [0.5, 0.6) is 0 Å². The Labute approximate surface area is 151 Å². The van der Waals surface area contributed by atoms with E-state index < -0.39 is 0 Å². The van der Waals surface area contributed by atoms with Gasteiger partial charge in [-0.3, -0.25) is 4.79 Å². The van der Waals surface area contributed by atoms with E-state index in [0.29, 0.717) is 6.42 Å². The number of hydrogen-bond acceptors (Lipinski definition) is 6. The highest BCUT2D eigenvalue weighted by atomic mass is 32.1. The van der Waals surface area contributed by atoms with Crippen LogP contribution in [0, 0.1) is 0 Å². The Kier molecular flexibility index (Phi) is 5.95. The molecule has 0 aliphatic rings. The van der Waals surface area contributed by atoms with Crippen molar-refractivity contribution in [3.05, 3.63) is 41.1 Å². The van der Waals surface area contributed by atoms with Crippen LogP contribution >= 0.6 is 11.3 Å². The minimum absolute atomic E-state index is 0.143. The zero-order chi connectivity index (χ0) is 17.5. The number of nitrogens with one attached hydrogen (secondary N) is 1. The normalized spacial score (nSPS) is 10.8. The third-order valence-corrected chi connectivity index (χ3v) is 4.64. The minimum atomic E-state index is -0.143. The average molecular weight is 355 g/mol. The topological polar surface area (TPSA) is 64.1 Å². The molecular formula is C19H21N3O2S. The molecule has 3 aromatic rings. The number of aromatic nitrogens is 2. The number of hydrogen-bond donors (Lipinski definition) is 1. The molecule has 130 valence electrons. The lowest BCUT2D eigenvalue weighted by Crippen LogP contribution is -2.06. The van der Waals surface area contributed by atoms with Gasteiger partial charge in [0.05, 0.1) is 12.6 Å². The first-order chi connectivity index (χ1) is 12.3. The Morgan fingerprint density at radius 2 is 2.04 bits per heavy atom. The van der Waals surface area contributed by atoms with E-state index in [1.807, 2.05) is 35.7 Å². The molecule has 0 atom stereocenters. The fourth-order valence-electron chi connectivity index (χ4n) is 2.61. The second-order valence-electron chi connectivity index (χ2n) is 5.74. The van der Waals surface area contributed by atoms with Crippen molar-refractivity contribution in [2.75, 3.05) is 19.0 Å². The van der Waals surface area contributed by atoms with Gasteiger partial charge in [-0.2, -0.15) is 11.3 Å². The van der Waals surface area contributed by atoms with Crippen LogP contribution < -0.4 is 5.32 Å². The molecule has 2 heterocycles. The Morgan fingerprint density at radius 1 is 1.16 bits per heavy atom. The first-order valence-electron chi connectivity index (χ1n) is 8.38. The monoisotopic (exact) mass is 355 g/mol. The summed E-state index contributed by atoms with van der Waals surface area (Å²) in [6.07, 6.45) is 3.28. The van der Waals surface area contributed by atoms with Crippen molar-refractivity contribution in [2.45, 2.75) is 25.7 Å². The zero-order valence-corrected chi connectivity index (χ0v) is 15.0. The predicted octanol–water partition coefficient (Wildman–Crippen LogP) is 4.50. The second kappa shape index (κ2) is 8.58. The van der Waals surface area contributed by atoms with E-state index in [2.05, 4.69) is 20.4 Å². The van der Waals surface area contributed by atoms with Crippen LogP contribution in [0.15, 0.2) is 41.1 Å². The number of carbonyl (C=O) groups excluding carboxylic acids is 1. The summed E-state index contributed by atoms with van der Waals surface area (Å²) in [4.78, 5) is 20.5. The molecule has 0 fully saturated rings. The molecule has 25 heavy (non-hydrogen) atoms. The molecule has 2 aromatic heterocycles. The Bertz CT molecular complexity index is 834. The third-order valence-electron chi connectivity index (χ3n) is 3.96. The van der Waals surface area contributed by atoms with Crippen molar-refractivity contribution >= 4 is 34.0 Å². The fourth-order valence-corrected chi connectivity index (χ4v) is 3.25. The van der Waals surface area contributed by atoms with Gasteiger partial charge < -0.3 is 10.1 Å². The lowest BCUT2D eigenvalue weighted by molar-refractivity contribution is -0.140. The van der Waals surface area contributed by atoms with Crippen molar-refractivity contribution in [1.29, 1.82) is 0 Å². The number of nitrogens with zero attached hydrogens (tertiary/aromatic N) is 2. The maximum Gasteiger partial charge on any atom is 0.305 e. The molecule has 1 N–H and O–H groups in total. The predicted molar refractivity (Wildman–Crippen MR) is 102 cm³/mol. The fraction of sp³-hybridized carbons (Fsp3) is 0.316. The summed E-state index contributed by atoms with van der Waals surface area (Å²) in [5.74, 6) is 1.46. The molecule has 5 nitrogen and oxygen atoms in total. The molecule has 0 aliphatic heterocycles. The lowest BCUT2D eigenvalue weighted by Gasteiger charge is -2.10. The maximum atomic E-state index is 11.1. The Hall–Kier alpha value is -2.47. The average Bonchev–Trinajstić information content (AvgIpc) is 3.18. The number of fused-ring (bicyclic) bond motifs is 1. The third kappa shape index (κ3) is 4.54. The number of para-hydroxylation sites is 1. The summed E-state index contributed by atoms with van der Waals surface area (Å²) in [5.41, 5.74) is 1.98. The number of esters is 1. The Balaban J connectivity index is 1.67. The van der Waals surface area contributed by atoms with Gasteiger partial charge in [0.15, 0.2) is 5.82 Å². The number of ether oxygens (including phenoxy) is 1. The van der Waals surface area contributed by atoms with Crippen molar-refractivity contribution in [2.24, 2.45) is 0 Å². The van der Waals surface area contributed by atoms with Crippen molar-refractivity contribution < 1.29 is 9.53 Å². The lowest BCUT2D eigenvalue weighted by atomic mass is 10.2. The van der Waals surface area contributed by atoms with Crippen LogP contribution in [0.4, 0.5) is 5.82 Å². The number of carbonyl (C=O) groups is 1. The molecule has 1 aromatic carbocycles. The quantitative estimate of drug-likeness (QED) is 0.476. The summed E-state index contributed by atoms with van der Waals surface area (Å²) in [7, 11) is 1.43. The van der Waals surface area contributed by atoms with E-state index in [4.69, 9.17) is 4.98 Å². The van der Waals surface area contributed by atoms with Gasteiger partial charge in [-0.15, -0.1) is 0 Å². The number of anilines is 1. The number of benzene rings is 1. The SMILES string of the molecule is COC(=O)CCCCCNc1nc(-c2ccsc2)nc2ccccc12. The molecule has 0 bridgehead atoms. The van der Waals surface area contributed by atoms with Crippen LogP contribution in [0.3, 0.4) is 0 Å². The highest BCUT2D eigenvalue weighted by Gasteiger charge is 2.09. The molecular weight excluding hydrogens is 334 g/mol. The molecule has 0 amide bonds. The van der Waals surface area contributed by atoms with Gasteiger partial charge in [0.2, 0.25) is 0 Å². The van der Waals surface area contributed by atoms with Crippen LogP contribution in [0.25, 0.3) is 22.3 Å². The smallest absolute Gasteiger partial charge is 0.305 e. The minimum Gasteiger partial charge on any atom is -0.469 e. The first kappa shape index (κ1) is 17.4. The van der Waals surface area contributed by atoms with Crippen molar-refractivity contribution in [3.63, 3.8) is 0 Å². The molecule has 0 spiro atoms. The van der Waals surface area contributed by atoms with Crippen LogP contribution in [-0.4, -0.2) is 29.6 Å². The number of thiophene rings is 1. The van der Waals surface area contributed by atoms with Gasteiger partial charge in [-0.1, -0.05) is 18.6 Å². The summed E-state index contributed by atoms with van der Waals surface area (Å²) < 4.78 is 4.65. The zero-order valence-electron chi connectivity index (χ0n) is 14.2. The van der Waals surface area contributed by atoms with E-state index in [-0.39, 0.29) is 5.97 Å². The van der Waals surface area contributed by atoms with E-state index in [1.54, 1.807) is 11.3 Å². The molecule has 3 rings (SSSR count). The summed E-state index contributed by atoms with van der Waals surface area (Å²) in [6.45, 7) is 0.811. The molecule has 0 saturated carbocycles. The summed E-state index contributed by atoms with van der Waals surface area (Å²) in [5, 5.41) is 8.54. The maximum absolute atomic E-state index is 11.1. The number of unbranched alkanes of at least 4 members (excludes halogenated alkanes) is 2. The highest BCUT2D eigenvalue weighted by Crippen LogP contribution is 2.26. The van der Waals surface area contributed by atoms with Gasteiger partial charge in [0.25, 0.3) is 0 Å². The van der Waals surface area contributed by atoms with E-state index in [0.717, 1.165) is 53.9 Å². The van der Waals surface area contributed by atoms with Gasteiger partial charge >= 0.3 is 5.97 Å². The van der Waals surface area contributed by atoms with Crippen LogP contribution in [0.2, 0.25) is 0 Å². The van der Waals surface area contributed by atoms with Gasteiger partial charge in [0, 0.05) is 29.3 Å². The van der Waals surface area contributed by atoms with Crippen LogP contribution in [0.1, 0.15) is 25.7 Å². The van der Waals surface area contributed by atoms with Gasteiger partial charge in [-0.05, 0) is 36.4 Å². The molecule has 6 heteroatoms. The number of rotatable bonds is 8. The van der Waals surface area contributed by atoms with E-state index >= 15 is 0 Å². The highest BCUT2D eigenvalue weighted by molar-refractivity contribution is 7.08. The standard InChI is InChI=1S/C19H21N3O2S/c1-24-17(23)9-3-2-6-11-20-19-15-7-4-5-8-16(15)21-18(22-19)14-10-12-25-13-14/h4-5,7-8,10,12-13H,2-3,6,9,11H2,1H3,(H,20,21,22). The molecule has 0 unspecified atom stereocenters. The van der Waals surface area contributed by atoms with Gasteiger partial charge in [-0.25, -0.2) is 9.97 Å². The summed E-state index contributed by atoms with van der Waals surface area (Å²) in [6, 6.07) is 10.1. The van der Waals surface area contributed by atoms with Crippen LogP contribution in [-0.2, 0) is 9.53 Å². The van der Waals surface area contributed by atoms with Crippen molar-refractivity contribution in [3.8, 4) is 11.4 Å². The van der Waals surface area contributed by atoms with E-state index in [1.165, 1.54) is 7.11 Å². The molecule has 0 aliphatic carbocycles. The molecule has 0 radical (unpaired) electrons. The Morgan fingerprint density at radius 3 is 2.84 bits per heavy atom. The summed E-state index contributed by atoms with van der Waals surface area (Å²) >= 11 is 1.64. The number of methoxy groups -OCH3 is 1. The van der Waals surface area contributed by atoms with Gasteiger partial charge in [0.1, 0.15) is 5.82 Å². The first-order valence-corrected chi connectivity index (χ1v) is 9.32. The van der Waals surface area contributed by atoms with Crippen molar-refractivity contribution in [1.82, 2.24) is 9.97 Å². The second-order valence-corrected chi connectivity index (χ2v) is 6.52. The largest absolute Gasteiger partial charge is 0.469 e.